The fraction of sp³-hybridized carbons (Fsp3) is 0.0588. The number of carbonyl (C=O) groups is 2. The lowest BCUT2D eigenvalue weighted by Gasteiger charge is -2.08. The van der Waals surface area contributed by atoms with E-state index < -0.39 is 0 Å². The third kappa shape index (κ3) is 3.32. The molecule has 0 saturated carbocycles. The zero-order valence-electron chi connectivity index (χ0n) is 12.3. The molecular formula is C17H14N2O3S. The molecule has 0 radical (unpaired) electrons. The van der Waals surface area contributed by atoms with E-state index in [-0.39, 0.29) is 11.8 Å². The van der Waals surface area contributed by atoms with Gasteiger partial charge in [-0.25, -0.2) is 0 Å². The Morgan fingerprint density at radius 1 is 0.957 bits per heavy atom. The lowest BCUT2D eigenvalue weighted by Crippen LogP contribution is -2.41. The van der Waals surface area contributed by atoms with Gasteiger partial charge in [-0.3, -0.25) is 20.4 Å². The molecule has 2 aromatic carbocycles. The molecule has 5 nitrogen and oxygen atoms in total. The number of benzene rings is 2. The highest BCUT2D eigenvalue weighted by atomic mass is 32.1. The number of amides is 2. The average molecular weight is 326 g/mol. The zero-order valence-corrected chi connectivity index (χ0v) is 13.1. The summed E-state index contributed by atoms with van der Waals surface area (Å²) in [5.41, 5.74) is 5.29. The van der Waals surface area contributed by atoms with Crippen LogP contribution in [0.25, 0.3) is 10.8 Å². The molecular weight excluding hydrogens is 312 g/mol. The fourth-order valence-electron chi connectivity index (χ4n) is 2.15. The first-order valence-corrected chi connectivity index (χ1v) is 7.77. The second-order valence-corrected chi connectivity index (χ2v) is 5.76. The molecule has 0 bridgehead atoms. The molecule has 116 valence electrons. The smallest absolute Gasteiger partial charge is 0.279 e. The maximum Gasteiger partial charge on any atom is 0.279 e. The maximum absolute atomic E-state index is 12.1. The van der Waals surface area contributed by atoms with E-state index in [1.54, 1.807) is 36.8 Å². The van der Waals surface area contributed by atoms with Gasteiger partial charge < -0.3 is 4.74 Å². The van der Waals surface area contributed by atoms with Gasteiger partial charge in [0.15, 0.2) is 0 Å². The molecule has 0 unspecified atom stereocenters. The number of carbonyl (C=O) groups excluding carboxylic acids is 2. The van der Waals surface area contributed by atoms with Crippen LogP contribution in [-0.2, 0) is 0 Å². The summed E-state index contributed by atoms with van der Waals surface area (Å²) in [6, 6.07) is 14.4. The molecule has 2 amide bonds. The van der Waals surface area contributed by atoms with Crippen LogP contribution in [0.1, 0.15) is 20.0 Å². The SMILES string of the molecule is COc1ccc2cc(C(=O)NNC(=O)c3cccs3)ccc2c1. The highest BCUT2D eigenvalue weighted by Crippen LogP contribution is 2.21. The summed E-state index contributed by atoms with van der Waals surface area (Å²) < 4.78 is 5.17. The van der Waals surface area contributed by atoms with E-state index >= 15 is 0 Å². The van der Waals surface area contributed by atoms with Crippen molar-refractivity contribution in [3.8, 4) is 5.75 Å². The van der Waals surface area contributed by atoms with E-state index in [0.717, 1.165) is 16.5 Å². The van der Waals surface area contributed by atoms with Crippen molar-refractivity contribution < 1.29 is 14.3 Å². The minimum absolute atomic E-state index is 0.334. The molecule has 2 N–H and O–H groups in total. The monoisotopic (exact) mass is 326 g/mol. The van der Waals surface area contributed by atoms with Crippen molar-refractivity contribution in [2.24, 2.45) is 0 Å². The van der Waals surface area contributed by atoms with Crippen molar-refractivity contribution in [1.82, 2.24) is 10.9 Å². The molecule has 1 heterocycles. The van der Waals surface area contributed by atoms with Gasteiger partial charge >= 0.3 is 0 Å². The quantitative estimate of drug-likeness (QED) is 0.727. The van der Waals surface area contributed by atoms with Crippen LogP contribution >= 0.6 is 11.3 Å². The van der Waals surface area contributed by atoms with E-state index in [0.29, 0.717) is 10.4 Å². The molecule has 0 aliphatic rings. The first-order chi connectivity index (χ1) is 11.2. The van der Waals surface area contributed by atoms with Gasteiger partial charge in [0.2, 0.25) is 0 Å². The van der Waals surface area contributed by atoms with Crippen LogP contribution in [0, 0.1) is 0 Å². The number of ether oxygens (including phenoxy) is 1. The Labute approximate surface area is 136 Å². The minimum Gasteiger partial charge on any atom is -0.497 e. The molecule has 23 heavy (non-hydrogen) atoms. The van der Waals surface area contributed by atoms with Crippen molar-refractivity contribution in [2.75, 3.05) is 7.11 Å². The largest absolute Gasteiger partial charge is 0.497 e. The van der Waals surface area contributed by atoms with Crippen LogP contribution in [-0.4, -0.2) is 18.9 Å². The van der Waals surface area contributed by atoms with Gasteiger partial charge in [-0.05, 0) is 46.5 Å². The maximum atomic E-state index is 12.1. The first-order valence-electron chi connectivity index (χ1n) is 6.89. The topological polar surface area (TPSA) is 67.4 Å². The summed E-state index contributed by atoms with van der Waals surface area (Å²) >= 11 is 1.31. The Hall–Kier alpha value is -2.86. The van der Waals surface area contributed by atoms with E-state index in [1.165, 1.54) is 11.3 Å². The molecule has 0 spiro atoms. The standard InChI is InChI=1S/C17H14N2O3S/c1-22-14-7-6-11-9-13(5-4-12(11)10-14)16(20)18-19-17(21)15-3-2-8-23-15/h2-10H,1H3,(H,18,20)(H,19,21). The van der Waals surface area contributed by atoms with Gasteiger partial charge in [-0.15, -0.1) is 11.3 Å². The van der Waals surface area contributed by atoms with E-state index in [2.05, 4.69) is 10.9 Å². The van der Waals surface area contributed by atoms with Crippen molar-refractivity contribution >= 4 is 33.9 Å². The van der Waals surface area contributed by atoms with Crippen LogP contribution in [0.5, 0.6) is 5.75 Å². The van der Waals surface area contributed by atoms with Gasteiger partial charge in [0, 0.05) is 5.56 Å². The van der Waals surface area contributed by atoms with Crippen LogP contribution in [0.15, 0.2) is 53.9 Å². The van der Waals surface area contributed by atoms with Crippen LogP contribution < -0.4 is 15.6 Å². The predicted octanol–water partition coefficient (Wildman–Crippen LogP) is 2.98. The molecule has 1 aromatic heterocycles. The summed E-state index contributed by atoms with van der Waals surface area (Å²) in [6.45, 7) is 0. The highest BCUT2D eigenvalue weighted by molar-refractivity contribution is 7.12. The van der Waals surface area contributed by atoms with Crippen molar-refractivity contribution in [3.63, 3.8) is 0 Å². The van der Waals surface area contributed by atoms with E-state index in [4.69, 9.17) is 4.74 Å². The average Bonchev–Trinajstić information content (AvgIpc) is 3.13. The number of methoxy groups -OCH3 is 1. The molecule has 0 saturated heterocycles. The second-order valence-electron chi connectivity index (χ2n) is 4.81. The summed E-state index contributed by atoms with van der Waals surface area (Å²) in [4.78, 5) is 24.5. The van der Waals surface area contributed by atoms with Gasteiger partial charge in [-0.1, -0.05) is 18.2 Å². The highest BCUT2D eigenvalue weighted by Gasteiger charge is 2.10. The third-order valence-corrected chi connectivity index (χ3v) is 4.21. The normalized spacial score (nSPS) is 10.3. The molecule has 3 aromatic rings. The number of hydrazine groups is 1. The zero-order chi connectivity index (χ0) is 16.2. The van der Waals surface area contributed by atoms with Crippen molar-refractivity contribution in [1.29, 1.82) is 0 Å². The Kier molecular flexibility index (Phi) is 4.25. The number of fused-ring (bicyclic) bond motifs is 1. The first kappa shape index (κ1) is 15.1. The molecule has 0 atom stereocenters. The van der Waals surface area contributed by atoms with Crippen LogP contribution in [0.4, 0.5) is 0 Å². The molecule has 0 aliphatic carbocycles. The Bertz CT molecular complexity index is 859. The summed E-state index contributed by atoms with van der Waals surface area (Å²) in [5, 5.41) is 3.69. The number of thiophene rings is 1. The Balaban J connectivity index is 1.72. The molecule has 0 fully saturated rings. The number of hydrogen-bond donors (Lipinski definition) is 2. The van der Waals surface area contributed by atoms with Crippen LogP contribution in [0.3, 0.4) is 0 Å². The van der Waals surface area contributed by atoms with E-state index in [9.17, 15) is 9.59 Å². The van der Waals surface area contributed by atoms with Crippen LogP contribution in [0.2, 0.25) is 0 Å². The molecule has 0 aliphatic heterocycles. The molecule has 3 rings (SSSR count). The lowest BCUT2D eigenvalue weighted by atomic mass is 10.1. The number of nitrogens with one attached hydrogen (secondary N) is 2. The third-order valence-electron chi connectivity index (χ3n) is 3.34. The summed E-state index contributed by atoms with van der Waals surface area (Å²) in [5.74, 6) is 0.0596. The Morgan fingerprint density at radius 2 is 1.70 bits per heavy atom. The summed E-state index contributed by atoms with van der Waals surface area (Å²) in [7, 11) is 1.61. The Morgan fingerprint density at radius 3 is 2.43 bits per heavy atom. The number of hydrogen-bond acceptors (Lipinski definition) is 4. The fourth-order valence-corrected chi connectivity index (χ4v) is 2.77. The second kappa shape index (κ2) is 6.50. The summed E-state index contributed by atoms with van der Waals surface area (Å²) in [6.07, 6.45) is 0. The minimum atomic E-state index is -0.368. The number of rotatable bonds is 3. The van der Waals surface area contributed by atoms with Crippen molar-refractivity contribution in [3.05, 3.63) is 64.4 Å². The van der Waals surface area contributed by atoms with Gasteiger partial charge in [0.25, 0.3) is 11.8 Å². The van der Waals surface area contributed by atoms with Gasteiger partial charge in [0.1, 0.15) is 5.75 Å². The van der Waals surface area contributed by atoms with Gasteiger partial charge in [0.05, 0.1) is 12.0 Å². The lowest BCUT2D eigenvalue weighted by molar-refractivity contribution is 0.0849. The van der Waals surface area contributed by atoms with E-state index in [1.807, 2.05) is 24.3 Å². The molecule has 6 heteroatoms. The predicted molar refractivity (Wildman–Crippen MR) is 89.8 cm³/mol. The van der Waals surface area contributed by atoms with Crippen molar-refractivity contribution in [2.45, 2.75) is 0 Å². The van der Waals surface area contributed by atoms with Gasteiger partial charge in [-0.2, -0.15) is 0 Å².